The number of halogens is 2. The van der Waals surface area contributed by atoms with Gasteiger partial charge in [-0.2, -0.15) is 0 Å². The van der Waals surface area contributed by atoms with Crippen molar-refractivity contribution in [2.45, 2.75) is 12.5 Å². The smallest absolute Gasteiger partial charge is 0.123 e. The van der Waals surface area contributed by atoms with Crippen LogP contribution in [0.4, 0.5) is 4.39 Å². The molecule has 0 saturated heterocycles. The van der Waals surface area contributed by atoms with Crippen LogP contribution in [0.5, 0.6) is 0 Å². The average Bonchev–Trinajstić information content (AvgIpc) is 2.30. The second-order valence-corrected chi connectivity index (χ2v) is 3.85. The predicted molar refractivity (Wildman–Crippen MR) is 70.7 cm³/mol. The fourth-order valence-corrected chi connectivity index (χ4v) is 1.74. The predicted octanol–water partition coefficient (Wildman–Crippen LogP) is 3.49. The van der Waals surface area contributed by atoms with Crippen LogP contribution in [0.2, 0.25) is 0 Å². The van der Waals surface area contributed by atoms with Gasteiger partial charge in [-0.05, 0) is 29.7 Å². The molecule has 0 aliphatic rings. The van der Waals surface area contributed by atoms with Gasteiger partial charge in [0, 0.05) is 6.04 Å². The van der Waals surface area contributed by atoms with E-state index in [-0.39, 0.29) is 24.3 Å². The van der Waals surface area contributed by atoms with E-state index in [9.17, 15) is 4.39 Å². The summed E-state index contributed by atoms with van der Waals surface area (Å²) in [6, 6.07) is 16.4. The molecule has 1 atom stereocenters. The van der Waals surface area contributed by atoms with Crippen LogP contribution in [0.25, 0.3) is 0 Å². The summed E-state index contributed by atoms with van der Waals surface area (Å²) in [7, 11) is 0. The third-order valence-corrected chi connectivity index (χ3v) is 2.57. The first-order chi connectivity index (χ1) is 7.75. The van der Waals surface area contributed by atoms with E-state index in [1.807, 2.05) is 36.4 Å². The summed E-state index contributed by atoms with van der Waals surface area (Å²) >= 11 is 0. The zero-order valence-corrected chi connectivity index (χ0v) is 10.2. The molecule has 2 aromatic carbocycles. The SMILES string of the molecule is Cl.NC(Cc1cccc(F)c1)c1ccccc1. The van der Waals surface area contributed by atoms with Crippen molar-refractivity contribution in [2.24, 2.45) is 5.73 Å². The van der Waals surface area contributed by atoms with Gasteiger partial charge in [-0.15, -0.1) is 12.4 Å². The molecule has 0 amide bonds. The molecule has 2 N–H and O–H groups in total. The topological polar surface area (TPSA) is 26.0 Å². The quantitative estimate of drug-likeness (QED) is 0.888. The Morgan fingerprint density at radius 2 is 1.71 bits per heavy atom. The van der Waals surface area contributed by atoms with Crippen LogP contribution < -0.4 is 5.73 Å². The second kappa shape index (κ2) is 6.38. The number of benzene rings is 2. The van der Waals surface area contributed by atoms with Crippen molar-refractivity contribution in [2.75, 3.05) is 0 Å². The van der Waals surface area contributed by atoms with Gasteiger partial charge in [-0.3, -0.25) is 0 Å². The fourth-order valence-electron chi connectivity index (χ4n) is 1.74. The van der Waals surface area contributed by atoms with Gasteiger partial charge in [-0.1, -0.05) is 42.5 Å². The average molecular weight is 252 g/mol. The lowest BCUT2D eigenvalue weighted by Crippen LogP contribution is -2.13. The summed E-state index contributed by atoms with van der Waals surface area (Å²) in [6.45, 7) is 0. The minimum Gasteiger partial charge on any atom is -0.324 e. The Morgan fingerprint density at radius 1 is 1.00 bits per heavy atom. The van der Waals surface area contributed by atoms with Crippen molar-refractivity contribution < 1.29 is 4.39 Å². The van der Waals surface area contributed by atoms with Crippen molar-refractivity contribution in [3.8, 4) is 0 Å². The first-order valence-corrected chi connectivity index (χ1v) is 5.30. The molecule has 90 valence electrons. The zero-order chi connectivity index (χ0) is 11.4. The van der Waals surface area contributed by atoms with Crippen LogP contribution in [-0.4, -0.2) is 0 Å². The Bertz CT molecular complexity index is 459. The monoisotopic (exact) mass is 251 g/mol. The number of nitrogens with two attached hydrogens (primary N) is 1. The van der Waals surface area contributed by atoms with E-state index in [0.717, 1.165) is 11.1 Å². The lowest BCUT2D eigenvalue weighted by molar-refractivity contribution is 0.622. The maximum atomic E-state index is 13.0. The van der Waals surface area contributed by atoms with E-state index >= 15 is 0 Å². The van der Waals surface area contributed by atoms with Gasteiger partial charge in [0.25, 0.3) is 0 Å². The summed E-state index contributed by atoms with van der Waals surface area (Å²) in [6.07, 6.45) is 0.655. The maximum absolute atomic E-state index is 13.0. The zero-order valence-electron chi connectivity index (χ0n) is 9.34. The Kier molecular flexibility index (Phi) is 5.13. The highest BCUT2D eigenvalue weighted by molar-refractivity contribution is 5.85. The third-order valence-electron chi connectivity index (χ3n) is 2.57. The van der Waals surface area contributed by atoms with E-state index in [1.165, 1.54) is 12.1 Å². The third kappa shape index (κ3) is 3.84. The lowest BCUT2D eigenvalue weighted by atomic mass is 10.00. The number of hydrogen-bond acceptors (Lipinski definition) is 1. The van der Waals surface area contributed by atoms with E-state index in [0.29, 0.717) is 6.42 Å². The van der Waals surface area contributed by atoms with E-state index in [1.54, 1.807) is 6.07 Å². The molecular weight excluding hydrogens is 237 g/mol. The number of rotatable bonds is 3. The number of hydrogen-bond donors (Lipinski definition) is 1. The molecule has 2 aromatic rings. The van der Waals surface area contributed by atoms with Gasteiger partial charge in [-0.25, -0.2) is 4.39 Å². The molecule has 17 heavy (non-hydrogen) atoms. The minimum absolute atomic E-state index is 0. The van der Waals surface area contributed by atoms with Crippen LogP contribution in [0.1, 0.15) is 17.2 Å². The molecule has 0 aliphatic carbocycles. The van der Waals surface area contributed by atoms with Crippen LogP contribution in [0.15, 0.2) is 54.6 Å². The molecular formula is C14H15ClFN. The lowest BCUT2D eigenvalue weighted by Gasteiger charge is -2.11. The summed E-state index contributed by atoms with van der Waals surface area (Å²) in [4.78, 5) is 0. The van der Waals surface area contributed by atoms with Gasteiger partial charge in [0.2, 0.25) is 0 Å². The van der Waals surface area contributed by atoms with Crippen molar-refractivity contribution in [1.82, 2.24) is 0 Å². The Morgan fingerprint density at radius 3 is 2.35 bits per heavy atom. The summed E-state index contributed by atoms with van der Waals surface area (Å²) in [5.74, 6) is -0.210. The minimum atomic E-state index is -0.210. The van der Waals surface area contributed by atoms with Crippen molar-refractivity contribution in [3.63, 3.8) is 0 Å². The van der Waals surface area contributed by atoms with Crippen molar-refractivity contribution >= 4 is 12.4 Å². The van der Waals surface area contributed by atoms with Crippen LogP contribution in [0.3, 0.4) is 0 Å². The van der Waals surface area contributed by atoms with E-state index < -0.39 is 0 Å². The maximum Gasteiger partial charge on any atom is 0.123 e. The molecule has 0 saturated carbocycles. The normalized spacial score (nSPS) is 11.6. The highest BCUT2D eigenvalue weighted by Crippen LogP contribution is 2.16. The van der Waals surface area contributed by atoms with E-state index in [2.05, 4.69) is 0 Å². The highest BCUT2D eigenvalue weighted by atomic mass is 35.5. The molecule has 0 fully saturated rings. The molecule has 0 spiro atoms. The largest absolute Gasteiger partial charge is 0.324 e. The van der Waals surface area contributed by atoms with Gasteiger partial charge in [0.1, 0.15) is 5.82 Å². The van der Waals surface area contributed by atoms with Gasteiger partial charge in [0.05, 0.1) is 0 Å². The summed E-state index contributed by atoms with van der Waals surface area (Å²) in [5.41, 5.74) is 8.06. The Labute approximate surface area is 107 Å². The Balaban J connectivity index is 0.00000144. The van der Waals surface area contributed by atoms with E-state index in [4.69, 9.17) is 5.73 Å². The molecule has 1 nitrogen and oxygen atoms in total. The summed E-state index contributed by atoms with van der Waals surface area (Å²) in [5, 5.41) is 0. The van der Waals surface area contributed by atoms with Gasteiger partial charge in [0.15, 0.2) is 0 Å². The van der Waals surface area contributed by atoms with Crippen molar-refractivity contribution in [1.29, 1.82) is 0 Å². The van der Waals surface area contributed by atoms with Gasteiger partial charge < -0.3 is 5.73 Å². The molecule has 0 radical (unpaired) electrons. The second-order valence-electron chi connectivity index (χ2n) is 3.85. The van der Waals surface area contributed by atoms with Crippen molar-refractivity contribution in [3.05, 3.63) is 71.5 Å². The molecule has 0 aromatic heterocycles. The van der Waals surface area contributed by atoms with Crippen LogP contribution >= 0.6 is 12.4 Å². The molecule has 0 aliphatic heterocycles. The first kappa shape index (κ1) is 13.7. The molecule has 0 heterocycles. The highest BCUT2D eigenvalue weighted by Gasteiger charge is 2.06. The van der Waals surface area contributed by atoms with Crippen LogP contribution in [-0.2, 0) is 6.42 Å². The summed E-state index contributed by atoms with van der Waals surface area (Å²) < 4.78 is 13.0. The standard InChI is InChI=1S/C14H14FN.ClH/c15-13-8-4-5-11(9-13)10-14(16)12-6-2-1-3-7-12;/h1-9,14H,10,16H2;1H. The van der Waals surface area contributed by atoms with Crippen LogP contribution in [0, 0.1) is 5.82 Å². The first-order valence-electron chi connectivity index (χ1n) is 5.30. The van der Waals surface area contributed by atoms with Gasteiger partial charge >= 0.3 is 0 Å². The molecule has 1 unspecified atom stereocenters. The Hall–Kier alpha value is -1.38. The molecule has 0 bridgehead atoms. The fraction of sp³-hybridized carbons (Fsp3) is 0.143. The molecule has 3 heteroatoms. The molecule has 2 rings (SSSR count).